The fraction of sp³-hybridized carbons (Fsp3) is 0.333. The van der Waals surface area contributed by atoms with E-state index in [4.69, 9.17) is 4.74 Å². The quantitative estimate of drug-likeness (QED) is 0.666. The van der Waals surface area contributed by atoms with Crippen LogP contribution in [0.15, 0.2) is 53.3 Å². The average Bonchev–Trinajstić information content (AvgIpc) is 2.96. The van der Waals surface area contributed by atoms with Crippen molar-refractivity contribution in [3.05, 3.63) is 64.6 Å². The predicted molar refractivity (Wildman–Crippen MR) is 106 cm³/mol. The number of amides is 1. The molecule has 142 valence electrons. The zero-order valence-electron chi connectivity index (χ0n) is 15.8. The second-order valence-corrected chi connectivity index (χ2v) is 6.41. The van der Waals surface area contributed by atoms with Crippen LogP contribution in [0.4, 0.5) is 0 Å². The Kier molecular flexibility index (Phi) is 5.96. The summed E-state index contributed by atoms with van der Waals surface area (Å²) in [4.78, 5) is 25.0. The number of nitrogens with zero attached hydrogens (tertiary/aromatic N) is 2. The van der Waals surface area contributed by atoms with Crippen LogP contribution in [0.5, 0.6) is 5.75 Å². The van der Waals surface area contributed by atoms with Gasteiger partial charge < -0.3 is 10.1 Å². The van der Waals surface area contributed by atoms with Crippen molar-refractivity contribution in [2.75, 3.05) is 7.11 Å². The number of nitrogens with one attached hydrogen (secondary N) is 1. The van der Waals surface area contributed by atoms with E-state index in [-0.39, 0.29) is 18.0 Å². The Morgan fingerprint density at radius 3 is 2.30 bits per heavy atom. The van der Waals surface area contributed by atoms with Gasteiger partial charge in [-0.3, -0.25) is 13.9 Å². The molecule has 3 rings (SSSR count). The third-order valence-electron chi connectivity index (χ3n) is 4.60. The highest BCUT2D eigenvalue weighted by molar-refractivity contribution is 5.78. The third kappa shape index (κ3) is 4.05. The lowest BCUT2D eigenvalue weighted by Gasteiger charge is -2.09. The number of aromatic nitrogens is 2. The van der Waals surface area contributed by atoms with E-state index in [1.165, 1.54) is 0 Å². The number of hydrogen-bond acceptors (Lipinski definition) is 3. The lowest BCUT2D eigenvalue weighted by atomic mass is 10.2. The topological polar surface area (TPSA) is 65.3 Å². The molecule has 0 aliphatic heterocycles. The van der Waals surface area contributed by atoms with Gasteiger partial charge in [-0.15, -0.1) is 0 Å². The lowest BCUT2D eigenvalue weighted by molar-refractivity contribution is -0.121. The molecule has 27 heavy (non-hydrogen) atoms. The van der Waals surface area contributed by atoms with Gasteiger partial charge in [-0.1, -0.05) is 37.3 Å². The van der Waals surface area contributed by atoms with E-state index in [0.29, 0.717) is 19.6 Å². The lowest BCUT2D eigenvalue weighted by Crippen LogP contribution is -2.28. The van der Waals surface area contributed by atoms with Gasteiger partial charge in [0.15, 0.2) is 0 Å². The summed E-state index contributed by atoms with van der Waals surface area (Å²) in [6.45, 7) is 3.47. The van der Waals surface area contributed by atoms with Gasteiger partial charge in [0, 0.05) is 31.6 Å². The van der Waals surface area contributed by atoms with E-state index in [1.807, 2.05) is 55.5 Å². The van der Waals surface area contributed by atoms with Crippen molar-refractivity contribution in [3.8, 4) is 5.75 Å². The van der Waals surface area contributed by atoms with Crippen molar-refractivity contribution in [1.29, 1.82) is 0 Å². The minimum atomic E-state index is -0.0971. The van der Waals surface area contributed by atoms with Crippen molar-refractivity contribution in [2.24, 2.45) is 0 Å². The summed E-state index contributed by atoms with van der Waals surface area (Å²) < 4.78 is 8.77. The van der Waals surface area contributed by atoms with Crippen molar-refractivity contribution in [2.45, 2.75) is 39.4 Å². The molecule has 0 spiro atoms. The molecule has 0 saturated carbocycles. The van der Waals surface area contributed by atoms with E-state index in [2.05, 4.69) is 5.32 Å². The van der Waals surface area contributed by atoms with Crippen LogP contribution in [0.2, 0.25) is 0 Å². The van der Waals surface area contributed by atoms with Crippen LogP contribution in [0.25, 0.3) is 11.0 Å². The van der Waals surface area contributed by atoms with Crippen molar-refractivity contribution in [1.82, 2.24) is 14.5 Å². The second kappa shape index (κ2) is 8.58. The highest BCUT2D eigenvalue weighted by atomic mass is 16.5. The second-order valence-electron chi connectivity index (χ2n) is 6.41. The first kappa shape index (κ1) is 18.8. The van der Waals surface area contributed by atoms with Gasteiger partial charge in [-0.2, -0.15) is 0 Å². The maximum absolute atomic E-state index is 12.7. The van der Waals surface area contributed by atoms with Crippen LogP contribution < -0.4 is 15.7 Å². The number of benzene rings is 2. The SMILES string of the molecule is CCCn1c(=O)n(CCC(=O)NCc2ccccc2OC)c2ccccc21. The molecule has 3 aromatic rings. The molecule has 0 atom stereocenters. The van der Waals surface area contributed by atoms with Crippen LogP contribution in [-0.4, -0.2) is 22.2 Å². The molecule has 0 radical (unpaired) electrons. The van der Waals surface area contributed by atoms with E-state index < -0.39 is 0 Å². The molecule has 1 aromatic heterocycles. The Hall–Kier alpha value is -3.02. The summed E-state index contributed by atoms with van der Waals surface area (Å²) in [5.41, 5.74) is 2.65. The number of imidazole rings is 1. The number of ether oxygens (including phenoxy) is 1. The van der Waals surface area contributed by atoms with Crippen LogP contribution in [-0.2, 0) is 24.4 Å². The summed E-state index contributed by atoms with van der Waals surface area (Å²) in [7, 11) is 1.61. The number of methoxy groups -OCH3 is 1. The summed E-state index contributed by atoms with van der Waals surface area (Å²) in [5.74, 6) is 0.650. The Labute approximate surface area is 158 Å². The third-order valence-corrected chi connectivity index (χ3v) is 4.60. The standard InChI is InChI=1S/C21H25N3O3/c1-3-13-23-17-9-5-6-10-18(17)24(21(23)26)14-12-20(25)22-15-16-8-4-7-11-19(16)27-2/h4-11H,3,12-15H2,1-2H3,(H,22,25). The molecular weight excluding hydrogens is 342 g/mol. The van der Waals surface area contributed by atoms with Gasteiger partial charge in [-0.25, -0.2) is 4.79 Å². The molecule has 1 amide bonds. The Balaban J connectivity index is 1.69. The molecule has 1 N–H and O–H groups in total. The number of fused-ring (bicyclic) bond motifs is 1. The number of rotatable bonds is 8. The predicted octanol–water partition coefficient (Wildman–Crippen LogP) is 2.93. The van der Waals surface area contributed by atoms with E-state index in [0.717, 1.165) is 28.8 Å². The number of aryl methyl sites for hydroxylation is 2. The molecule has 6 heteroatoms. The van der Waals surface area contributed by atoms with E-state index in [1.54, 1.807) is 16.2 Å². The smallest absolute Gasteiger partial charge is 0.329 e. The summed E-state index contributed by atoms with van der Waals surface area (Å²) in [5, 5.41) is 2.90. The summed E-state index contributed by atoms with van der Waals surface area (Å²) >= 11 is 0. The highest BCUT2D eigenvalue weighted by Crippen LogP contribution is 2.17. The fourth-order valence-electron chi connectivity index (χ4n) is 3.27. The Morgan fingerprint density at radius 1 is 1.00 bits per heavy atom. The molecule has 1 heterocycles. The van der Waals surface area contributed by atoms with Crippen molar-refractivity contribution < 1.29 is 9.53 Å². The first-order valence-corrected chi connectivity index (χ1v) is 9.22. The number of carbonyl (C=O) groups excluding carboxylic acids is 1. The van der Waals surface area contributed by atoms with Gasteiger partial charge in [-0.05, 0) is 24.6 Å². The molecular formula is C21H25N3O3. The van der Waals surface area contributed by atoms with Gasteiger partial charge in [0.2, 0.25) is 5.91 Å². The van der Waals surface area contributed by atoms with Crippen molar-refractivity contribution >= 4 is 16.9 Å². The van der Waals surface area contributed by atoms with Crippen LogP contribution in [0.3, 0.4) is 0 Å². The summed E-state index contributed by atoms with van der Waals surface area (Å²) in [6, 6.07) is 15.3. The molecule has 6 nitrogen and oxygen atoms in total. The molecule has 2 aromatic carbocycles. The van der Waals surface area contributed by atoms with Crippen molar-refractivity contribution in [3.63, 3.8) is 0 Å². The zero-order chi connectivity index (χ0) is 19.2. The molecule has 0 unspecified atom stereocenters. The van der Waals surface area contributed by atoms with Crippen LogP contribution >= 0.6 is 0 Å². The highest BCUT2D eigenvalue weighted by Gasteiger charge is 2.13. The molecule has 0 aliphatic carbocycles. The molecule has 0 aliphatic rings. The minimum Gasteiger partial charge on any atom is -0.496 e. The molecule has 0 bridgehead atoms. The van der Waals surface area contributed by atoms with E-state index >= 15 is 0 Å². The first-order valence-electron chi connectivity index (χ1n) is 9.22. The van der Waals surface area contributed by atoms with Gasteiger partial charge in [0.1, 0.15) is 5.75 Å². The van der Waals surface area contributed by atoms with Crippen LogP contribution in [0, 0.1) is 0 Å². The normalized spacial score (nSPS) is 10.9. The number of hydrogen-bond donors (Lipinski definition) is 1. The molecule has 0 fully saturated rings. The average molecular weight is 367 g/mol. The monoisotopic (exact) mass is 367 g/mol. The maximum Gasteiger partial charge on any atom is 0.329 e. The molecule has 0 saturated heterocycles. The minimum absolute atomic E-state index is 0.0596. The van der Waals surface area contributed by atoms with Crippen LogP contribution in [0.1, 0.15) is 25.3 Å². The maximum atomic E-state index is 12.7. The first-order chi connectivity index (χ1) is 13.2. The van der Waals surface area contributed by atoms with Gasteiger partial charge in [0.05, 0.1) is 18.1 Å². The van der Waals surface area contributed by atoms with Gasteiger partial charge in [0.25, 0.3) is 0 Å². The number of para-hydroxylation sites is 3. The van der Waals surface area contributed by atoms with Gasteiger partial charge >= 0.3 is 5.69 Å². The Morgan fingerprint density at radius 2 is 1.63 bits per heavy atom. The Bertz CT molecular complexity index is 988. The summed E-state index contributed by atoms with van der Waals surface area (Å²) in [6.07, 6.45) is 1.13. The van der Waals surface area contributed by atoms with E-state index in [9.17, 15) is 9.59 Å². The fourth-order valence-corrected chi connectivity index (χ4v) is 3.27. The largest absolute Gasteiger partial charge is 0.496 e. The zero-order valence-corrected chi connectivity index (χ0v) is 15.8. The number of carbonyl (C=O) groups is 1.